The highest BCUT2D eigenvalue weighted by Crippen LogP contribution is 2.31. The van der Waals surface area contributed by atoms with Gasteiger partial charge in [-0.3, -0.25) is 19.2 Å². The summed E-state index contributed by atoms with van der Waals surface area (Å²) >= 11 is 4.32. The number of rotatable bonds is 7. The van der Waals surface area contributed by atoms with Crippen molar-refractivity contribution in [3.63, 3.8) is 0 Å². The fraction of sp³-hybridized carbons (Fsp3) is 0.167. The number of nitro groups is 1. The Morgan fingerprint density at radius 2 is 1.71 bits per heavy atom. The molecule has 0 saturated carbocycles. The van der Waals surface area contributed by atoms with Crippen molar-refractivity contribution in [2.24, 2.45) is 0 Å². The van der Waals surface area contributed by atoms with Crippen LogP contribution in [0.15, 0.2) is 66.7 Å². The van der Waals surface area contributed by atoms with E-state index in [9.17, 15) is 19.7 Å². The monoisotopic (exact) mass is 480 g/mol. The van der Waals surface area contributed by atoms with Gasteiger partial charge in [0.25, 0.3) is 11.6 Å². The highest BCUT2D eigenvalue weighted by atomic mass is 32.1. The molecule has 34 heavy (non-hydrogen) atoms. The van der Waals surface area contributed by atoms with Crippen LogP contribution in [0.1, 0.15) is 22.7 Å². The van der Waals surface area contributed by atoms with E-state index >= 15 is 0 Å². The quantitative estimate of drug-likeness (QED) is 0.242. The summed E-state index contributed by atoms with van der Waals surface area (Å²) in [6.07, 6.45) is 0. The highest BCUT2D eigenvalue weighted by Gasteiger charge is 2.30. The number of hydrogen-bond donors (Lipinski definition) is 3. The van der Waals surface area contributed by atoms with Gasteiger partial charge in [0.05, 0.1) is 17.7 Å². The third-order valence-corrected chi connectivity index (χ3v) is 5.64. The topological polar surface area (TPSA) is 114 Å². The van der Waals surface area contributed by atoms with Crippen molar-refractivity contribution >= 4 is 41.8 Å². The van der Waals surface area contributed by atoms with Crippen LogP contribution >= 0.6 is 12.8 Å². The minimum Gasteiger partial charge on any atom is -0.495 e. The van der Waals surface area contributed by atoms with Crippen LogP contribution < -0.4 is 15.4 Å². The number of aryl methyl sites for hydroxylation is 2. The first kappa shape index (κ1) is 24.6. The molecule has 3 rings (SSSR count). The van der Waals surface area contributed by atoms with Crippen LogP contribution in [0.4, 0.5) is 21.9 Å². The third-order valence-electron chi connectivity index (χ3n) is 5.23. The minimum absolute atomic E-state index is 0.0714. The molecule has 0 saturated heterocycles. The first-order chi connectivity index (χ1) is 16.2. The molecule has 2 N–H and O–H groups in total. The van der Waals surface area contributed by atoms with E-state index in [0.29, 0.717) is 11.3 Å². The molecule has 0 radical (unpaired) electrons. The van der Waals surface area contributed by atoms with Gasteiger partial charge in [-0.1, -0.05) is 49.2 Å². The maximum atomic E-state index is 13.3. The summed E-state index contributed by atoms with van der Waals surface area (Å²) in [6, 6.07) is 16.1. The Kier molecular flexibility index (Phi) is 7.75. The molecule has 3 aromatic carbocycles. The minimum atomic E-state index is -1.10. The van der Waals surface area contributed by atoms with Crippen LogP contribution in [0.2, 0.25) is 0 Å². The number of nitrogens with zero attached hydrogens (tertiary/aromatic N) is 2. The van der Waals surface area contributed by atoms with Gasteiger partial charge in [-0.05, 0) is 48.7 Å². The molecule has 0 aliphatic rings. The number of nitro benzene ring substituents is 1. The Morgan fingerprint density at radius 3 is 2.32 bits per heavy atom. The smallest absolute Gasteiger partial charge is 0.332 e. The number of nitrogens with one attached hydrogen (secondary N) is 2. The number of amides is 3. The molecule has 0 fully saturated rings. The number of hydrogen-bond acceptors (Lipinski definition) is 6. The van der Waals surface area contributed by atoms with Crippen LogP contribution in [0.3, 0.4) is 0 Å². The van der Waals surface area contributed by atoms with Crippen molar-refractivity contribution in [3.8, 4) is 5.75 Å². The lowest BCUT2D eigenvalue weighted by Gasteiger charge is -2.27. The molecule has 0 spiro atoms. The average Bonchev–Trinajstić information content (AvgIpc) is 2.82. The van der Waals surface area contributed by atoms with Gasteiger partial charge in [-0.25, -0.2) is 4.79 Å². The Morgan fingerprint density at radius 1 is 1.00 bits per heavy atom. The largest absolute Gasteiger partial charge is 0.495 e. The summed E-state index contributed by atoms with van der Waals surface area (Å²) in [5.74, 6) is -0.262. The fourth-order valence-corrected chi connectivity index (χ4v) is 3.55. The molecular weight excluding hydrogens is 456 g/mol. The molecule has 3 amide bonds. The lowest BCUT2D eigenvalue weighted by molar-refractivity contribution is -0.384. The molecule has 3 aromatic rings. The van der Waals surface area contributed by atoms with Crippen LogP contribution in [-0.4, -0.2) is 28.3 Å². The maximum absolute atomic E-state index is 13.3. The molecular formula is C24H24N4O5S. The number of thiol groups is 1. The van der Waals surface area contributed by atoms with E-state index in [4.69, 9.17) is 4.74 Å². The van der Waals surface area contributed by atoms with Gasteiger partial charge in [0, 0.05) is 17.8 Å². The molecule has 0 aromatic heterocycles. The number of urea groups is 1. The second-order valence-electron chi connectivity index (χ2n) is 7.52. The predicted molar refractivity (Wildman–Crippen MR) is 133 cm³/mol. The molecule has 0 aliphatic heterocycles. The van der Waals surface area contributed by atoms with Crippen LogP contribution in [0.5, 0.6) is 5.75 Å². The maximum Gasteiger partial charge on any atom is 0.332 e. The van der Waals surface area contributed by atoms with Gasteiger partial charge >= 0.3 is 6.03 Å². The zero-order valence-corrected chi connectivity index (χ0v) is 19.7. The second-order valence-corrected chi connectivity index (χ2v) is 7.95. The van der Waals surface area contributed by atoms with Gasteiger partial charge in [0.1, 0.15) is 11.8 Å². The Labute approximate surface area is 202 Å². The first-order valence-electron chi connectivity index (χ1n) is 10.3. The lowest BCUT2D eigenvalue weighted by Crippen LogP contribution is -2.38. The van der Waals surface area contributed by atoms with E-state index in [1.807, 2.05) is 26.0 Å². The number of anilines is 2. The third kappa shape index (κ3) is 5.65. The van der Waals surface area contributed by atoms with Gasteiger partial charge in [0.15, 0.2) is 0 Å². The van der Waals surface area contributed by atoms with Gasteiger partial charge in [-0.2, -0.15) is 0 Å². The van der Waals surface area contributed by atoms with Crippen molar-refractivity contribution in [1.82, 2.24) is 4.31 Å². The van der Waals surface area contributed by atoms with E-state index < -0.39 is 22.9 Å². The zero-order chi connectivity index (χ0) is 24.8. The highest BCUT2D eigenvalue weighted by molar-refractivity contribution is 7.78. The van der Waals surface area contributed by atoms with Crippen LogP contribution in [0, 0.1) is 24.0 Å². The first-order valence-corrected chi connectivity index (χ1v) is 10.7. The number of non-ortho nitro benzene ring substituents is 1. The fourth-order valence-electron chi connectivity index (χ4n) is 3.27. The lowest BCUT2D eigenvalue weighted by atomic mass is 10.1. The number of carbonyl (C=O) groups is 2. The molecule has 1 unspecified atom stereocenters. The summed E-state index contributed by atoms with van der Waals surface area (Å²) < 4.78 is 6.13. The predicted octanol–water partition coefficient (Wildman–Crippen LogP) is 5.28. The van der Waals surface area contributed by atoms with Crippen molar-refractivity contribution < 1.29 is 19.2 Å². The SMILES string of the molecule is COc1ccc([N+](=O)[O-])cc1NC(=O)N(S)C(C(=O)Nc1ccc(C)c(C)c1)c1ccccc1. The molecule has 0 aliphatic carbocycles. The molecule has 10 heteroatoms. The van der Waals surface area contributed by atoms with E-state index in [2.05, 4.69) is 23.4 Å². The van der Waals surface area contributed by atoms with E-state index in [1.54, 1.807) is 36.4 Å². The average molecular weight is 481 g/mol. The van der Waals surface area contributed by atoms with Crippen molar-refractivity contribution in [2.75, 3.05) is 17.7 Å². The number of methoxy groups -OCH3 is 1. The van der Waals surface area contributed by atoms with Crippen LogP contribution in [-0.2, 0) is 4.79 Å². The van der Waals surface area contributed by atoms with Crippen molar-refractivity contribution in [1.29, 1.82) is 0 Å². The zero-order valence-electron chi connectivity index (χ0n) is 18.8. The Bertz CT molecular complexity index is 1220. The normalized spacial score (nSPS) is 11.3. The van der Waals surface area contributed by atoms with Crippen molar-refractivity contribution in [2.45, 2.75) is 19.9 Å². The molecule has 9 nitrogen and oxygen atoms in total. The Hall–Kier alpha value is -4.05. The number of carbonyl (C=O) groups excluding carboxylic acids is 2. The van der Waals surface area contributed by atoms with Gasteiger partial charge in [0.2, 0.25) is 0 Å². The summed E-state index contributed by atoms with van der Waals surface area (Å²) in [6.45, 7) is 3.90. The Balaban J connectivity index is 1.90. The molecule has 1 atom stereocenters. The van der Waals surface area contributed by atoms with Crippen LogP contribution in [0.25, 0.3) is 0 Å². The molecule has 0 bridgehead atoms. The number of ether oxygens (including phenoxy) is 1. The molecule has 176 valence electrons. The second kappa shape index (κ2) is 10.7. The number of benzene rings is 3. The van der Waals surface area contributed by atoms with E-state index in [1.165, 1.54) is 25.3 Å². The van der Waals surface area contributed by atoms with Gasteiger partial charge < -0.3 is 15.4 Å². The van der Waals surface area contributed by atoms with E-state index in [-0.39, 0.29) is 17.1 Å². The summed E-state index contributed by atoms with van der Waals surface area (Å²) in [7, 11) is 1.37. The molecule has 0 heterocycles. The standard InChI is InChI=1S/C24H24N4O5S/c1-15-9-10-18(13-16(15)2)25-23(29)22(17-7-5-4-6-8-17)27(34)24(30)26-20-14-19(28(31)32)11-12-21(20)33-3/h4-14,22,34H,1-3H3,(H,25,29)(H,26,30). The summed E-state index contributed by atoms with van der Waals surface area (Å²) in [5.41, 5.74) is 3.04. The van der Waals surface area contributed by atoms with E-state index in [0.717, 1.165) is 15.4 Å². The summed E-state index contributed by atoms with van der Waals surface area (Å²) in [4.78, 5) is 36.9. The summed E-state index contributed by atoms with van der Waals surface area (Å²) in [5, 5.41) is 16.5. The van der Waals surface area contributed by atoms with Crippen molar-refractivity contribution in [3.05, 3.63) is 93.5 Å². The van der Waals surface area contributed by atoms with Gasteiger partial charge in [-0.15, -0.1) is 0 Å².